The molecule has 0 atom stereocenters. The van der Waals surface area contributed by atoms with E-state index in [1.165, 1.54) is 0 Å². The van der Waals surface area contributed by atoms with Crippen LogP contribution in [0.2, 0.25) is 0 Å². The maximum absolute atomic E-state index is 13.5. The minimum atomic E-state index is -0.281. The Morgan fingerprint density at radius 2 is 2.06 bits per heavy atom. The third-order valence-corrected chi connectivity index (χ3v) is 2.61. The van der Waals surface area contributed by atoms with Gasteiger partial charge in [-0.15, -0.1) is 0 Å². The van der Waals surface area contributed by atoms with Crippen LogP contribution in [0.25, 0.3) is 0 Å². The smallest absolute Gasteiger partial charge is 0.165 e. The molecule has 0 unspecified atom stereocenters. The van der Waals surface area contributed by atoms with Crippen molar-refractivity contribution in [1.82, 2.24) is 4.90 Å². The fraction of sp³-hybridized carbons (Fsp3) is 0.538. The summed E-state index contributed by atoms with van der Waals surface area (Å²) in [5.74, 6) is 0.0509. The Hall–Kier alpha value is -1.09. The quantitative estimate of drug-likeness (QED) is 0.763. The number of hydrogen-bond donors (Lipinski definition) is 0. The van der Waals surface area contributed by atoms with E-state index in [1.54, 1.807) is 12.1 Å². The van der Waals surface area contributed by atoms with Crippen molar-refractivity contribution in [2.75, 3.05) is 13.7 Å². The Balaban J connectivity index is 2.73. The highest BCUT2D eigenvalue weighted by molar-refractivity contribution is 5.29. The zero-order valence-corrected chi connectivity index (χ0v) is 10.5. The number of ether oxygens (including phenoxy) is 1. The molecule has 90 valence electrons. The molecular weight excluding hydrogens is 205 g/mol. The summed E-state index contributed by atoms with van der Waals surface area (Å²) in [7, 11) is 2.03. The average Bonchev–Trinajstić information content (AvgIpc) is 2.22. The van der Waals surface area contributed by atoms with Crippen LogP contribution in [0.1, 0.15) is 26.3 Å². The zero-order chi connectivity index (χ0) is 12.1. The molecule has 0 aliphatic heterocycles. The summed E-state index contributed by atoms with van der Waals surface area (Å²) in [4.78, 5) is 2.16. The summed E-state index contributed by atoms with van der Waals surface area (Å²) in [6.45, 7) is 7.32. The molecule has 0 bridgehead atoms. The minimum absolute atomic E-state index is 0.281. The van der Waals surface area contributed by atoms with Crippen LogP contribution in [-0.4, -0.2) is 24.6 Å². The van der Waals surface area contributed by atoms with Crippen molar-refractivity contribution in [3.05, 3.63) is 29.6 Å². The van der Waals surface area contributed by atoms with Gasteiger partial charge in [-0.3, -0.25) is 4.90 Å². The van der Waals surface area contributed by atoms with Crippen LogP contribution in [0.4, 0.5) is 4.39 Å². The molecule has 0 N–H and O–H groups in total. The highest BCUT2D eigenvalue weighted by Gasteiger charge is 2.07. The number of hydrogen-bond acceptors (Lipinski definition) is 2. The first kappa shape index (κ1) is 13.0. The molecule has 0 amide bonds. The molecule has 0 heterocycles. The van der Waals surface area contributed by atoms with Gasteiger partial charge in [0.25, 0.3) is 0 Å². The van der Waals surface area contributed by atoms with Crippen molar-refractivity contribution in [2.24, 2.45) is 0 Å². The van der Waals surface area contributed by atoms with Crippen LogP contribution in [0, 0.1) is 5.82 Å². The SMILES string of the molecule is CCOc1ccc(CN(C)C(C)C)cc1F. The van der Waals surface area contributed by atoms with Crippen LogP contribution < -0.4 is 4.74 Å². The maximum atomic E-state index is 13.5. The van der Waals surface area contributed by atoms with E-state index in [2.05, 4.69) is 18.7 Å². The Bertz CT molecular complexity index is 339. The lowest BCUT2D eigenvalue weighted by Crippen LogP contribution is -2.25. The first-order valence-electron chi connectivity index (χ1n) is 5.66. The highest BCUT2D eigenvalue weighted by atomic mass is 19.1. The lowest BCUT2D eigenvalue weighted by molar-refractivity contribution is 0.265. The Labute approximate surface area is 97.0 Å². The van der Waals surface area contributed by atoms with Crippen molar-refractivity contribution in [1.29, 1.82) is 0 Å². The summed E-state index contributed by atoms with van der Waals surface area (Å²) in [5, 5.41) is 0. The van der Waals surface area contributed by atoms with Gasteiger partial charge in [0.2, 0.25) is 0 Å². The third kappa shape index (κ3) is 3.49. The van der Waals surface area contributed by atoms with Gasteiger partial charge in [-0.05, 0) is 45.5 Å². The summed E-state index contributed by atoms with van der Waals surface area (Å²) >= 11 is 0. The van der Waals surface area contributed by atoms with Gasteiger partial charge in [0.15, 0.2) is 11.6 Å². The second-order valence-electron chi connectivity index (χ2n) is 4.21. The molecule has 0 aliphatic rings. The molecule has 1 aromatic rings. The summed E-state index contributed by atoms with van der Waals surface area (Å²) < 4.78 is 18.7. The van der Waals surface area contributed by atoms with E-state index in [-0.39, 0.29) is 5.82 Å². The largest absolute Gasteiger partial charge is 0.491 e. The summed E-state index contributed by atoms with van der Waals surface area (Å²) in [6, 6.07) is 5.61. The fourth-order valence-corrected chi connectivity index (χ4v) is 1.39. The van der Waals surface area contributed by atoms with Crippen LogP contribution in [0.15, 0.2) is 18.2 Å². The van der Waals surface area contributed by atoms with Gasteiger partial charge in [-0.2, -0.15) is 0 Å². The second kappa shape index (κ2) is 5.85. The Kier molecular flexibility index (Phi) is 4.74. The van der Waals surface area contributed by atoms with E-state index >= 15 is 0 Å². The van der Waals surface area contributed by atoms with Gasteiger partial charge in [0.1, 0.15) is 0 Å². The molecule has 0 saturated carbocycles. The average molecular weight is 225 g/mol. The zero-order valence-electron chi connectivity index (χ0n) is 10.5. The van der Waals surface area contributed by atoms with Crippen molar-refractivity contribution in [2.45, 2.75) is 33.4 Å². The van der Waals surface area contributed by atoms with E-state index in [0.29, 0.717) is 18.4 Å². The topological polar surface area (TPSA) is 12.5 Å². The van der Waals surface area contributed by atoms with E-state index in [4.69, 9.17) is 4.74 Å². The normalized spacial score (nSPS) is 11.2. The molecule has 0 saturated heterocycles. The van der Waals surface area contributed by atoms with Crippen LogP contribution in [-0.2, 0) is 6.54 Å². The van der Waals surface area contributed by atoms with Gasteiger partial charge >= 0.3 is 0 Å². The molecule has 0 radical (unpaired) electrons. The van der Waals surface area contributed by atoms with E-state index in [0.717, 1.165) is 12.1 Å². The van der Waals surface area contributed by atoms with Crippen molar-refractivity contribution in [3.63, 3.8) is 0 Å². The van der Waals surface area contributed by atoms with Gasteiger partial charge in [-0.1, -0.05) is 6.07 Å². The summed E-state index contributed by atoms with van der Waals surface area (Å²) in [5.41, 5.74) is 0.970. The molecule has 0 aliphatic carbocycles. The van der Waals surface area contributed by atoms with Gasteiger partial charge in [0, 0.05) is 12.6 Å². The molecule has 0 aromatic heterocycles. The number of halogens is 1. The lowest BCUT2D eigenvalue weighted by Gasteiger charge is -2.21. The molecule has 3 heteroatoms. The van der Waals surface area contributed by atoms with Crippen molar-refractivity contribution >= 4 is 0 Å². The van der Waals surface area contributed by atoms with Crippen molar-refractivity contribution in [3.8, 4) is 5.75 Å². The number of nitrogens with zero attached hydrogens (tertiary/aromatic N) is 1. The van der Waals surface area contributed by atoms with Crippen LogP contribution in [0.3, 0.4) is 0 Å². The van der Waals surface area contributed by atoms with Crippen LogP contribution >= 0.6 is 0 Å². The Morgan fingerprint density at radius 1 is 1.38 bits per heavy atom. The molecule has 1 aromatic carbocycles. The third-order valence-electron chi connectivity index (χ3n) is 2.61. The van der Waals surface area contributed by atoms with Crippen molar-refractivity contribution < 1.29 is 9.13 Å². The maximum Gasteiger partial charge on any atom is 0.165 e. The molecule has 2 nitrogen and oxygen atoms in total. The molecular formula is C13H20FNO. The minimum Gasteiger partial charge on any atom is -0.491 e. The monoisotopic (exact) mass is 225 g/mol. The van der Waals surface area contributed by atoms with E-state index < -0.39 is 0 Å². The predicted octanol–water partition coefficient (Wildman–Crippen LogP) is 3.06. The first-order chi connectivity index (χ1) is 7.54. The van der Waals surface area contributed by atoms with Crippen LogP contribution in [0.5, 0.6) is 5.75 Å². The lowest BCUT2D eigenvalue weighted by atomic mass is 10.2. The summed E-state index contributed by atoms with van der Waals surface area (Å²) in [6.07, 6.45) is 0. The van der Waals surface area contributed by atoms with Gasteiger partial charge < -0.3 is 4.74 Å². The first-order valence-corrected chi connectivity index (χ1v) is 5.66. The van der Waals surface area contributed by atoms with E-state index in [9.17, 15) is 4.39 Å². The second-order valence-corrected chi connectivity index (χ2v) is 4.21. The van der Waals surface area contributed by atoms with Gasteiger partial charge in [-0.25, -0.2) is 4.39 Å². The van der Waals surface area contributed by atoms with E-state index in [1.807, 2.05) is 20.0 Å². The molecule has 1 rings (SSSR count). The molecule has 0 spiro atoms. The highest BCUT2D eigenvalue weighted by Crippen LogP contribution is 2.19. The number of benzene rings is 1. The predicted molar refractivity (Wildman–Crippen MR) is 64.2 cm³/mol. The molecule has 0 fully saturated rings. The standard InChI is InChI=1S/C13H20FNO/c1-5-16-13-7-6-11(8-12(13)14)9-15(4)10(2)3/h6-8,10H,5,9H2,1-4H3. The number of rotatable bonds is 5. The fourth-order valence-electron chi connectivity index (χ4n) is 1.39. The molecule has 16 heavy (non-hydrogen) atoms. The van der Waals surface area contributed by atoms with Gasteiger partial charge in [0.05, 0.1) is 6.61 Å². The Morgan fingerprint density at radius 3 is 2.56 bits per heavy atom.